The molecule has 5 rings (SSSR count). The Hall–Kier alpha value is -3.75. The van der Waals surface area contributed by atoms with Gasteiger partial charge in [-0.15, -0.1) is 0 Å². The van der Waals surface area contributed by atoms with Gasteiger partial charge in [0.25, 0.3) is 0 Å². The maximum atomic E-state index is 12.9. The van der Waals surface area contributed by atoms with E-state index in [1.54, 1.807) is 0 Å². The van der Waals surface area contributed by atoms with Gasteiger partial charge in [0, 0.05) is 17.7 Å². The lowest BCUT2D eigenvalue weighted by molar-refractivity contribution is -0.323. The second-order valence-electron chi connectivity index (χ2n) is 10.3. The fourth-order valence-electron chi connectivity index (χ4n) is 4.87. The summed E-state index contributed by atoms with van der Waals surface area (Å²) >= 11 is 0. The maximum Gasteiger partial charge on any atom is 0.229 e. The third-order valence-corrected chi connectivity index (χ3v) is 7.35. The molecule has 0 radical (unpaired) electrons. The standard InChI is InChI=1S/C27H30O17/c28-6-15-18(34)20(36)22(38)26(42-15)40-7-16-19(35)21(37)23(39)27(43-16)44-24-13(33)4-11(31)17-12(32)5-14(41-25(17)24)8-1-2-9(29)10(30)3-8/h1-5,15-16,18-23,26-31,33-39H,6-7H2/t15-,16-,18-,19+,20-,21-,22-,23+,26+,27+/m1/s1. The predicted octanol–water partition coefficient (Wildman–Crippen LogP) is -2.71. The molecule has 0 aliphatic carbocycles. The van der Waals surface area contributed by atoms with Gasteiger partial charge in [-0.3, -0.25) is 4.79 Å². The number of aromatic hydroxyl groups is 4. The zero-order valence-electron chi connectivity index (χ0n) is 22.4. The minimum absolute atomic E-state index is 0.103. The van der Waals surface area contributed by atoms with Gasteiger partial charge in [-0.2, -0.15) is 0 Å². The number of aliphatic hydroxyl groups is 7. The van der Waals surface area contributed by atoms with Crippen LogP contribution < -0.4 is 10.2 Å². The van der Waals surface area contributed by atoms with Crippen molar-refractivity contribution in [3.63, 3.8) is 0 Å². The molecule has 2 aliphatic heterocycles. The highest BCUT2D eigenvalue weighted by atomic mass is 16.7. The van der Waals surface area contributed by atoms with Crippen molar-refractivity contribution in [2.24, 2.45) is 0 Å². The molecule has 0 unspecified atom stereocenters. The van der Waals surface area contributed by atoms with Crippen LogP contribution >= 0.6 is 0 Å². The molecule has 17 nitrogen and oxygen atoms in total. The van der Waals surface area contributed by atoms with Gasteiger partial charge in [-0.05, 0) is 18.2 Å². The van der Waals surface area contributed by atoms with Gasteiger partial charge in [-0.1, -0.05) is 0 Å². The fourth-order valence-corrected chi connectivity index (χ4v) is 4.87. The van der Waals surface area contributed by atoms with Crippen molar-refractivity contribution >= 4 is 11.0 Å². The highest BCUT2D eigenvalue weighted by Gasteiger charge is 2.48. The summed E-state index contributed by atoms with van der Waals surface area (Å²) in [5, 5.41) is 111. The van der Waals surface area contributed by atoms with E-state index in [1.165, 1.54) is 6.07 Å². The second kappa shape index (κ2) is 12.3. The summed E-state index contributed by atoms with van der Waals surface area (Å²) in [4.78, 5) is 12.9. The second-order valence-corrected chi connectivity index (χ2v) is 10.3. The number of ether oxygens (including phenoxy) is 4. The van der Waals surface area contributed by atoms with E-state index < -0.39 is 120 Å². The Morgan fingerprint density at radius 1 is 0.682 bits per heavy atom. The highest BCUT2D eigenvalue weighted by molar-refractivity contribution is 5.91. The maximum absolute atomic E-state index is 12.9. The van der Waals surface area contributed by atoms with Crippen LogP contribution in [0.4, 0.5) is 0 Å². The number of rotatable bonds is 7. The molecule has 2 saturated heterocycles. The Morgan fingerprint density at radius 2 is 1.32 bits per heavy atom. The molecule has 3 heterocycles. The van der Waals surface area contributed by atoms with Crippen LogP contribution in [-0.4, -0.2) is 131 Å². The molecule has 0 spiro atoms. The van der Waals surface area contributed by atoms with Gasteiger partial charge in [0.1, 0.15) is 65.7 Å². The van der Waals surface area contributed by atoms with Crippen molar-refractivity contribution < 1.29 is 79.5 Å². The minimum atomic E-state index is -1.97. The third-order valence-electron chi connectivity index (χ3n) is 7.35. The first-order valence-electron chi connectivity index (χ1n) is 13.2. The average Bonchev–Trinajstić information content (AvgIpc) is 2.99. The molecule has 2 aromatic carbocycles. The molecule has 44 heavy (non-hydrogen) atoms. The van der Waals surface area contributed by atoms with Gasteiger partial charge in [0.2, 0.25) is 12.0 Å². The van der Waals surface area contributed by atoms with Crippen LogP contribution in [0.3, 0.4) is 0 Å². The Morgan fingerprint density at radius 3 is 1.98 bits per heavy atom. The number of aliphatic hydroxyl groups excluding tert-OH is 7. The normalized spacial score (nSPS) is 32.5. The summed E-state index contributed by atoms with van der Waals surface area (Å²) in [6.45, 7) is -1.40. The molecule has 2 fully saturated rings. The van der Waals surface area contributed by atoms with Crippen LogP contribution in [0, 0.1) is 0 Å². The van der Waals surface area contributed by atoms with E-state index in [2.05, 4.69) is 0 Å². The lowest BCUT2D eigenvalue weighted by Crippen LogP contribution is -2.62. The molecule has 0 saturated carbocycles. The Balaban J connectivity index is 1.43. The van der Waals surface area contributed by atoms with Crippen LogP contribution in [0.2, 0.25) is 0 Å². The topological polar surface area (TPSA) is 290 Å². The SMILES string of the molecule is O=c1cc(-c2ccc(O)c(O)c2)oc2c(O[C@@H]3O[C@H](CO[C@H]4O[C@H](CO)[C@@H](O)[C@@H](O)[C@H]4O)[C@H](O)[C@@H](O)[C@@H]3O)c(O)cc(O)c12. The van der Waals surface area contributed by atoms with Gasteiger partial charge in [-0.25, -0.2) is 0 Å². The van der Waals surface area contributed by atoms with Crippen molar-refractivity contribution in [2.75, 3.05) is 13.2 Å². The number of benzene rings is 2. The first-order chi connectivity index (χ1) is 20.8. The third kappa shape index (κ3) is 5.73. The van der Waals surface area contributed by atoms with Gasteiger partial charge in [0.05, 0.1) is 13.2 Å². The monoisotopic (exact) mass is 626 g/mol. The Bertz CT molecular complexity index is 1560. The summed E-state index contributed by atoms with van der Waals surface area (Å²) in [5.74, 6) is -3.33. The number of fused-ring (bicyclic) bond motifs is 1. The molecule has 0 amide bonds. The number of phenolic OH excluding ortho intramolecular Hbond substituents is 4. The Kier molecular flexibility index (Phi) is 8.87. The van der Waals surface area contributed by atoms with Crippen LogP contribution in [0.25, 0.3) is 22.3 Å². The van der Waals surface area contributed by atoms with Crippen molar-refractivity contribution in [1.29, 1.82) is 0 Å². The fraction of sp³-hybridized carbons (Fsp3) is 0.444. The summed E-state index contributed by atoms with van der Waals surface area (Å²) in [5.41, 5.74) is -1.25. The molecular weight excluding hydrogens is 596 g/mol. The molecule has 1 aromatic heterocycles. The lowest BCUT2D eigenvalue weighted by Gasteiger charge is -2.42. The number of hydrogen-bond donors (Lipinski definition) is 11. The van der Waals surface area contributed by atoms with Crippen molar-refractivity contribution in [3.8, 4) is 40.1 Å². The van der Waals surface area contributed by atoms with Crippen molar-refractivity contribution in [2.45, 2.75) is 61.4 Å². The van der Waals surface area contributed by atoms with Gasteiger partial charge >= 0.3 is 0 Å². The van der Waals surface area contributed by atoms with Crippen LogP contribution in [0.1, 0.15) is 0 Å². The van der Waals surface area contributed by atoms with Crippen LogP contribution in [0.5, 0.6) is 28.7 Å². The average molecular weight is 627 g/mol. The molecule has 11 N–H and O–H groups in total. The first-order valence-corrected chi connectivity index (χ1v) is 13.2. The number of phenols is 4. The molecule has 2 aliphatic rings. The van der Waals surface area contributed by atoms with Crippen LogP contribution in [0.15, 0.2) is 39.5 Å². The summed E-state index contributed by atoms with van der Waals surface area (Å²) < 4.78 is 27.5. The van der Waals surface area contributed by atoms with Gasteiger partial charge in [0.15, 0.2) is 34.6 Å². The smallest absolute Gasteiger partial charge is 0.229 e. The van der Waals surface area contributed by atoms with E-state index in [0.29, 0.717) is 0 Å². The number of hydrogen-bond acceptors (Lipinski definition) is 17. The highest BCUT2D eigenvalue weighted by Crippen LogP contribution is 2.42. The van der Waals surface area contributed by atoms with Gasteiger partial charge < -0.3 is 79.5 Å². The molecular formula is C27H30O17. The van der Waals surface area contributed by atoms with Crippen molar-refractivity contribution in [1.82, 2.24) is 0 Å². The molecule has 3 aromatic rings. The van der Waals surface area contributed by atoms with E-state index in [0.717, 1.165) is 24.3 Å². The van der Waals surface area contributed by atoms with E-state index in [-0.39, 0.29) is 11.3 Å². The zero-order chi connectivity index (χ0) is 32.0. The lowest BCUT2D eigenvalue weighted by atomic mass is 9.98. The summed E-state index contributed by atoms with van der Waals surface area (Å²) in [6.07, 6.45) is -17.3. The minimum Gasteiger partial charge on any atom is -0.507 e. The predicted molar refractivity (Wildman–Crippen MR) is 142 cm³/mol. The largest absolute Gasteiger partial charge is 0.507 e. The molecule has 240 valence electrons. The zero-order valence-corrected chi connectivity index (χ0v) is 22.4. The summed E-state index contributed by atoms with van der Waals surface area (Å²) in [6, 6.07) is 5.22. The van der Waals surface area contributed by atoms with E-state index in [4.69, 9.17) is 23.4 Å². The summed E-state index contributed by atoms with van der Waals surface area (Å²) in [7, 11) is 0. The first kappa shape index (κ1) is 31.7. The quantitative estimate of drug-likeness (QED) is 0.119. The van der Waals surface area contributed by atoms with Crippen LogP contribution in [-0.2, 0) is 14.2 Å². The molecule has 10 atom stereocenters. The van der Waals surface area contributed by atoms with E-state index in [1.807, 2.05) is 0 Å². The van der Waals surface area contributed by atoms with E-state index in [9.17, 15) is 61.0 Å². The molecule has 17 heteroatoms. The van der Waals surface area contributed by atoms with E-state index >= 15 is 0 Å². The molecule has 0 bridgehead atoms. The Labute approximate surface area is 246 Å². The van der Waals surface area contributed by atoms with Crippen molar-refractivity contribution in [3.05, 3.63) is 40.6 Å².